The van der Waals surface area contributed by atoms with Crippen LogP contribution in [0.25, 0.3) is 11.5 Å². The highest BCUT2D eigenvalue weighted by Gasteiger charge is 1.98. The molecule has 2 aromatic rings. The molecular weight excluding hydrogens is 142 g/mol. The first kappa shape index (κ1) is 5.96. The average molecular weight is 147 g/mol. The summed E-state index contributed by atoms with van der Waals surface area (Å²) in [6.07, 6.45) is 4.55. The minimum Gasteiger partial charge on any atom is -0.275 e. The number of aromatic amines is 1. The fraction of sp³-hybridized carbons (Fsp3) is 0. The van der Waals surface area contributed by atoms with Crippen molar-refractivity contribution in [3.63, 3.8) is 0 Å². The van der Waals surface area contributed by atoms with E-state index in [0.717, 1.165) is 5.69 Å². The first-order valence-electron chi connectivity index (χ1n) is 3.08. The highest BCUT2D eigenvalue weighted by molar-refractivity contribution is 5.46. The Morgan fingerprint density at radius 2 is 2.00 bits per heavy atom. The van der Waals surface area contributed by atoms with Gasteiger partial charge in [0.25, 0.3) is 0 Å². The Morgan fingerprint density at radius 3 is 2.64 bits per heavy atom. The number of nitrogens with zero attached hydrogens (tertiary/aromatic N) is 4. The Balaban J connectivity index is 2.46. The molecule has 54 valence electrons. The van der Waals surface area contributed by atoms with Crippen LogP contribution < -0.4 is 0 Å². The molecule has 0 aromatic carbocycles. The van der Waals surface area contributed by atoms with E-state index >= 15 is 0 Å². The van der Waals surface area contributed by atoms with Gasteiger partial charge in [-0.25, -0.2) is 15.0 Å². The van der Waals surface area contributed by atoms with Gasteiger partial charge >= 0.3 is 0 Å². The fourth-order valence-electron chi connectivity index (χ4n) is 0.759. The molecule has 0 aliphatic rings. The standard InChI is InChI=1S/C6H5N5/c1-2-10-11-5(1)6-8-3-7-4-9-6/h1-4H,(H,10,11). The van der Waals surface area contributed by atoms with Crippen molar-refractivity contribution in [2.75, 3.05) is 0 Å². The summed E-state index contributed by atoms with van der Waals surface area (Å²) < 4.78 is 0. The molecule has 11 heavy (non-hydrogen) atoms. The lowest BCUT2D eigenvalue weighted by Crippen LogP contribution is -1.88. The molecule has 0 amide bonds. The van der Waals surface area contributed by atoms with Crippen molar-refractivity contribution in [2.45, 2.75) is 0 Å². The molecule has 0 atom stereocenters. The molecule has 0 unspecified atom stereocenters. The molecule has 0 aliphatic carbocycles. The van der Waals surface area contributed by atoms with Crippen molar-refractivity contribution >= 4 is 0 Å². The van der Waals surface area contributed by atoms with Crippen LogP contribution in [0.5, 0.6) is 0 Å². The highest BCUT2D eigenvalue weighted by Crippen LogP contribution is 2.06. The Hall–Kier alpha value is -1.78. The zero-order valence-electron chi connectivity index (χ0n) is 5.60. The monoisotopic (exact) mass is 147 g/mol. The Kier molecular flexibility index (Phi) is 1.33. The van der Waals surface area contributed by atoms with Crippen LogP contribution >= 0.6 is 0 Å². The number of hydrogen-bond donors (Lipinski definition) is 1. The van der Waals surface area contributed by atoms with E-state index in [2.05, 4.69) is 25.1 Å². The SMILES string of the molecule is c1cc(-c2ncncn2)[nH]n1. The van der Waals surface area contributed by atoms with Gasteiger partial charge in [0.1, 0.15) is 18.3 Å². The molecule has 0 spiro atoms. The van der Waals surface area contributed by atoms with Crippen molar-refractivity contribution in [3.8, 4) is 11.5 Å². The fourth-order valence-corrected chi connectivity index (χ4v) is 0.759. The molecule has 0 fully saturated rings. The lowest BCUT2D eigenvalue weighted by Gasteiger charge is -1.90. The summed E-state index contributed by atoms with van der Waals surface area (Å²) in [4.78, 5) is 11.6. The summed E-state index contributed by atoms with van der Waals surface area (Å²) >= 11 is 0. The maximum absolute atomic E-state index is 3.93. The molecule has 5 heteroatoms. The summed E-state index contributed by atoms with van der Waals surface area (Å²) in [7, 11) is 0. The lowest BCUT2D eigenvalue weighted by atomic mass is 10.4. The number of aromatic nitrogens is 5. The van der Waals surface area contributed by atoms with Gasteiger partial charge in [0.2, 0.25) is 0 Å². The molecular formula is C6H5N5. The van der Waals surface area contributed by atoms with Crippen molar-refractivity contribution in [3.05, 3.63) is 24.9 Å². The quantitative estimate of drug-likeness (QED) is 0.628. The average Bonchev–Trinajstić information content (AvgIpc) is 2.58. The van der Waals surface area contributed by atoms with E-state index in [-0.39, 0.29) is 0 Å². The van der Waals surface area contributed by atoms with E-state index < -0.39 is 0 Å². The van der Waals surface area contributed by atoms with Crippen LogP contribution in [-0.2, 0) is 0 Å². The van der Waals surface area contributed by atoms with Gasteiger partial charge in [0.05, 0.1) is 0 Å². The zero-order valence-corrected chi connectivity index (χ0v) is 5.60. The number of H-pyrrole nitrogens is 1. The second kappa shape index (κ2) is 2.45. The second-order valence-electron chi connectivity index (χ2n) is 1.93. The summed E-state index contributed by atoms with van der Waals surface area (Å²) in [5.74, 6) is 0.609. The topological polar surface area (TPSA) is 67.3 Å². The summed E-state index contributed by atoms with van der Waals surface area (Å²) in [6.45, 7) is 0. The van der Waals surface area contributed by atoms with E-state index in [1.807, 2.05) is 0 Å². The lowest BCUT2D eigenvalue weighted by molar-refractivity contribution is 1.02. The van der Waals surface area contributed by atoms with Gasteiger partial charge in [0, 0.05) is 6.20 Å². The normalized spacial score (nSPS) is 9.82. The molecule has 0 radical (unpaired) electrons. The smallest absolute Gasteiger partial charge is 0.180 e. The number of nitrogens with one attached hydrogen (secondary N) is 1. The van der Waals surface area contributed by atoms with Gasteiger partial charge in [-0.3, -0.25) is 5.10 Å². The van der Waals surface area contributed by atoms with Crippen LogP contribution in [0.3, 0.4) is 0 Å². The van der Waals surface area contributed by atoms with Crippen molar-refractivity contribution in [1.82, 2.24) is 25.1 Å². The predicted octanol–water partition coefficient (Wildman–Crippen LogP) is 0.262. The van der Waals surface area contributed by atoms with E-state index in [9.17, 15) is 0 Å². The van der Waals surface area contributed by atoms with Crippen LogP contribution in [0.4, 0.5) is 0 Å². The third-order valence-electron chi connectivity index (χ3n) is 1.24. The minimum absolute atomic E-state index is 0.609. The molecule has 0 saturated heterocycles. The molecule has 2 aromatic heterocycles. The number of hydrogen-bond acceptors (Lipinski definition) is 4. The minimum atomic E-state index is 0.609. The van der Waals surface area contributed by atoms with E-state index in [1.165, 1.54) is 12.7 Å². The predicted molar refractivity (Wildman–Crippen MR) is 37.4 cm³/mol. The first-order chi connectivity index (χ1) is 5.47. The zero-order chi connectivity index (χ0) is 7.52. The molecule has 0 aliphatic heterocycles. The molecule has 0 saturated carbocycles. The molecule has 0 bridgehead atoms. The van der Waals surface area contributed by atoms with Gasteiger partial charge in [-0.1, -0.05) is 0 Å². The maximum Gasteiger partial charge on any atom is 0.180 e. The maximum atomic E-state index is 3.93. The first-order valence-corrected chi connectivity index (χ1v) is 3.08. The molecule has 2 heterocycles. The van der Waals surface area contributed by atoms with E-state index in [1.54, 1.807) is 12.3 Å². The summed E-state index contributed by atoms with van der Waals surface area (Å²) in [6, 6.07) is 1.80. The Morgan fingerprint density at radius 1 is 1.18 bits per heavy atom. The van der Waals surface area contributed by atoms with Crippen LogP contribution in [0, 0.1) is 0 Å². The van der Waals surface area contributed by atoms with Crippen molar-refractivity contribution in [2.24, 2.45) is 0 Å². The van der Waals surface area contributed by atoms with Gasteiger partial charge < -0.3 is 0 Å². The van der Waals surface area contributed by atoms with E-state index in [0.29, 0.717) is 5.82 Å². The number of rotatable bonds is 1. The Bertz CT molecular complexity index is 314. The second-order valence-corrected chi connectivity index (χ2v) is 1.93. The van der Waals surface area contributed by atoms with Crippen LogP contribution in [0.15, 0.2) is 24.9 Å². The third-order valence-corrected chi connectivity index (χ3v) is 1.24. The van der Waals surface area contributed by atoms with Crippen LogP contribution in [-0.4, -0.2) is 25.1 Å². The van der Waals surface area contributed by atoms with Gasteiger partial charge in [-0.15, -0.1) is 0 Å². The Labute approximate surface area is 62.5 Å². The highest BCUT2D eigenvalue weighted by atomic mass is 15.1. The molecule has 1 N–H and O–H groups in total. The van der Waals surface area contributed by atoms with Gasteiger partial charge in [-0.05, 0) is 6.07 Å². The largest absolute Gasteiger partial charge is 0.275 e. The van der Waals surface area contributed by atoms with Crippen molar-refractivity contribution in [1.29, 1.82) is 0 Å². The summed E-state index contributed by atoms with van der Waals surface area (Å²) in [5.41, 5.74) is 0.799. The van der Waals surface area contributed by atoms with Crippen LogP contribution in [0.2, 0.25) is 0 Å². The van der Waals surface area contributed by atoms with Crippen molar-refractivity contribution < 1.29 is 0 Å². The summed E-state index contributed by atoms with van der Waals surface area (Å²) in [5, 5.41) is 6.52. The third kappa shape index (κ3) is 1.07. The van der Waals surface area contributed by atoms with Gasteiger partial charge in [-0.2, -0.15) is 5.10 Å². The van der Waals surface area contributed by atoms with Crippen LogP contribution in [0.1, 0.15) is 0 Å². The van der Waals surface area contributed by atoms with E-state index in [4.69, 9.17) is 0 Å². The molecule has 2 rings (SSSR count). The van der Waals surface area contributed by atoms with Gasteiger partial charge in [0.15, 0.2) is 5.82 Å². The molecule has 5 nitrogen and oxygen atoms in total.